The van der Waals surface area contributed by atoms with Crippen molar-refractivity contribution in [3.63, 3.8) is 0 Å². The Hall–Kier alpha value is -4.39. The van der Waals surface area contributed by atoms with E-state index in [0.29, 0.717) is 17.8 Å². The number of fused-ring (bicyclic) bond motifs is 2. The number of anilines is 1. The predicted octanol–water partition coefficient (Wildman–Crippen LogP) is 5.09. The number of imidazole rings is 1. The maximum atomic E-state index is 12.5. The first-order valence-electron chi connectivity index (χ1n) is 11.6. The second-order valence-electron chi connectivity index (χ2n) is 8.48. The first-order valence-corrected chi connectivity index (χ1v) is 11.6. The Morgan fingerprint density at radius 3 is 2.57 bits per heavy atom. The minimum absolute atomic E-state index is 0.0312. The van der Waals surface area contributed by atoms with E-state index < -0.39 is 0 Å². The van der Waals surface area contributed by atoms with Gasteiger partial charge in [0, 0.05) is 24.2 Å². The van der Waals surface area contributed by atoms with Crippen LogP contribution >= 0.6 is 0 Å². The molecule has 2 N–H and O–H groups in total. The zero-order valence-corrected chi connectivity index (χ0v) is 19.5. The van der Waals surface area contributed by atoms with Crippen molar-refractivity contribution in [3.8, 4) is 0 Å². The van der Waals surface area contributed by atoms with Crippen molar-refractivity contribution >= 4 is 39.5 Å². The molecule has 0 aliphatic carbocycles. The number of aryl methyl sites for hydroxylation is 2. The SMILES string of the molecule is Cc1nc2ccccc2n1CCCNC(=O)Cc1ccc(NC(=O)c2cc3ccccc3o2)cc1. The van der Waals surface area contributed by atoms with E-state index >= 15 is 0 Å². The molecule has 0 saturated carbocycles. The number of carbonyl (C=O) groups is 2. The summed E-state index contributed by atoms with van der Waals surface area (Å²) in [4.78, 5) is 29.4. The normalized spacial score (nSPS) is 11.1. The maximum absolute atomic E-state index is 12.5. The highest BCUT2D eigenvalue weighted by molar-refractivity contribution is 6.04. The molecule has 0 aliphatic heterocycles. The number of para-hydroxylation sites is 3. The van der Waals surface area contributed by atoms with Gasteiger partial charge in [0.25, 0.3) is 5.91 Å². The average molecular weight is 467 g/mol. The molecule has 2 aromatic heterocycles. The van der Waals surface area contributed by atoms with E-state index in [4.69, 9.17) is 4.42 Å². The van der Waals surface area contributed by atoms with Gasteiger partial charge in [-0.2, -0.15) is 0 Å². The third kappa shape index (κ3) is 5.09. The van der Waals surface area contributed by atoms with Gasteiger partial charge in [-0.25, -0.2) is 4.98 Å². The Bertz CT molecular complexity index is 1470. The molecule has 2 heterocycles. The lowest BCUT2D eigenvalue weighted by Gasteiger charge is -2.09. The fourth-order valence-electron chi connectivity index (χ4n) is 4.18. The van der Waals surface area contributed by atoms with Crippen LogP contribution in [0.3, 0.4) is 0 Å². The molecule has 0 spiro atoms. The van der Waals surface area contributed by atoms with Gasteiger partial charge in [0.1, 0.15) is 11.4 Å². The highest BCUT2D eigenvalue weighted by Gasteiger charge is 2.13. The smallest absolute Gasteiger partial charge is 0.291 e. The van der Waals surface area contributed by atoms with Gasteiger partial charge in [-0.1, -0.05) is 42.5 Å². The van der Waals surface area contributed by atoms with Crippen LogP contribution in [0.25, 0.3) is 22.0 Å². The highest BCUT2D eigenvalue weighted by atomic mass is 16.3. The van der Waals surface area contributed by atoms with Gasteiger partial charge in [-0.3, -0.25) is 9.59 Å². The molecular formula is C28H26N4O3. The van der Waals surface area contributed by atoms with Crippen LogP contribution in [0.4, 0.5) is 5.69 Å². The molecule has 0 bridgehead atoms. The van der Waals surface area contributed by atoms with E-state index in [0.717, 1.165) is 40.8 Å². The molecular weight excluding hydrogens is 440 g/mol. The summed E-state index contributed by atoms with van der Waals surface area (Å²) in [6.07, 6.45) is 1.10. The summed E-state index contributed by atoms with van der Waals surface area (Å²) in [5.74, 6) is 0.891. The summed E-state index contributed by atoms with van der Waals surface area (Å²) < 4.78 is 7.79. The van der Waals surface area contributed by atoms with E-state index in [1.165, 1.54) is 0 Å². The number of hydrogen-bond donors (Lipinski definition) is 2. The molecule has 0 saturated heterocycles. The van der Waals surface area contributed by atoms with Crippen LogP contribution in [0.15, 0.2) is 83.3 Å². The van der Waals surface area contributed by atoms with E-state index in [2.05, 4.69) is 26.3 Å². The Balaban J connectivity index is 1.09. The molecule has 0 radical (unpaired) electrons. The lowest BCUT2D eigenvalue weighted by atomic mass is 10.1. The Morgan fingerprint density at radius 1 is 0.971 bits per heavy atom. The third-order valence-corrected chi connectivity index (χ3v) is 5.95. The third-order valence-electron chi connectivity index (χ3n) is 5.95. The van der Waals surface area contributed by atoms with Crippen molar-refractivity contribution in [2.45, 2.75) is 26.3 Å². The number of furan rings is 1. The van der Waals surface area contributed by atoms with Crippen molar-refractivity contribution in [2.75, 3.05) is 11.9 Å². The number of nitrogens with one attached hydrogen (secondary N) is 2. The number of nitrogens with zero attached hydrogens (tertiary/aromatic N) is 2. The van der Waals surface area contributed by atoms with Crippen LogP contribution in [-0.2, 0) is 17.8 Å². The van der Waals surface area contributed by atoms with Crippen molar-refractivity contribution < 1.29 is 14.0 Å². The number of amides is 2. The fraction of sp³-hybridized carbons (Fsp3) is 0.179. The molecule has 0 unspecified atom stereocenters. The van der Waals surface area contributed by atoms with Crippen molar-refractivity contribution in [1.29, 1.82) is 0 Å². The van der Waals surface area contributed by atoms with Crippen molar-refractivity contribution in [1.82, 2.24) is 14.9 Å². The molecule has 176 valence electrons. The standard InChI is InChI=1S/C28H26N4O3/c1-19-30-23-8-3-4-9-24(23)32(19)16-6-15-29-27(33)17-20-11-13-22(14-12-20)31-28(34)26-18-21-7-2-5-10-25(21)35-26/h2-5,7-14,18H,6,15-17H2,1H3,(H,29,33)(H,31,34). The van der Waals surface area contributed by atoms with Crippen LogP contribution in [0.2, 0.25) is 0 Å². The minimum atomic E-state index is -0.312. The Morgan fingerprint density at radius 2 is 1.74 bits per heavy atom. The van der Waals surface area contributed by atoms with E-state index in [-0.39, 0.29) is 24.0 Å². The molecule has 0 fully saturated rings. The molecule has 3 aromatic carbocycles. The number of benzene rings is 3. The van der Waals surface area contributed by atoms with E-state index in [1.807, 2.05) is 61.5 Å². The number of aromatic nitrogens is 2. The summed E-state index contributed by atoms with van der Waals surface area (Å²) in [6.45, 7) is 3.39. The lowest BCUT2D eigenvalue weighted by Crippen LogP contribution is -2.26. The molecule has 2 amide bonds. The van der Waals surface area contributed by atoms with Crippen molar-refractivity contribution in [2.24, 2.45) is 0 Å². The molecule has 0 atom stereocenters. The first kappa shape index (κ1) is 22.4. The Labute approximate surface area is 202 Å². The van der Waals surface area contributed by atoms with Gasteiger partial charge in [-0.05, 0) is 55.3 Å². The van der Waals surface area contributed by atoms with Crippen LogP contribution in [0, 0.1) is 6.92 Å². The predicted molar refractivity (Wildman–Crippen MR) is 136 cm³/mol. The minimum Gasteiger partial charge on any atom is -0.451 e. The second kappa shape index (κ2) is 9.85. The van der Waals surface area contributed by atoms with E-state index in [1.54, 1.807) is 18.2 Å². The van der Waals surface area contributed by atoms with Gasteiger partial charge < -0.3 is 19.6 Å². The molecule has 7 heteroatoms. The summed E-state index contributed by atoms with van der Waals surface area (Å²) in [5, 5.41) is 6.70. The van der Waals surface area contributed by atoms with Gasteiger partial charge in [-0.15, -0.1) is 0 Å². The van der Waals surface area contributed by atoms with Crippen LogP contribution in [0.5, 0.6) is 0 Å². The van der Waals surface area contributed by atoms with Gasteiger partial charge in [0.05, 0.1) is 17.5 Å². The monoisotopic (exact) mass is 466 g/mol. The largest absolute Gasteiger partial charge is 0.451 e. The zero-order valence-electron chi connectivity index (χ0n) is 19.5. The molecule has 0 aliphatic rings. The van der Waals surface area contributed by atoms with Gasteiger partial charge >= 0.3 is 0 Å². The molecule has 35 heavy (non-hydrogen) atoms. The topological polar surface area (TPSA) is 89.2 Å². The maximum Gasteiger partial charge on any atom is 0.291 e. The van der Waals surface area contributed by atoms with Crippen LogP contribution in [0.1, 0.15) is 28.4 Å². The average Bonchev–Trinajstić information content (AvgIpc) is 3.44. The van der Waals surface area contributed by atoms with Crippen LogP contribution in [-0.4, -0.2) is 27.9 Å². The highest BCUT2D eigenvalue weighted by Crippen LogP contribution is 2.20. The molecule has 5 aromatic rings. The summed E-state index contributed by atoms with van der Waals surface area (Å²) in [5.41, 5.74) is 4.30. The second-order valence-corrected chi connectivity index (χ2v) is 8.48. The number of carbonyl (C=O) groups excluding carboxylic acids is 2. The van der Waals surface area contributed by atoms with Gasteiger partial charge in [0.15, 0.2) is 5.76 Å². The summed E-state index contributed by atoms with van der Waals surface area (Å²) in [7, 11) is 0. The first-order chi connectivity index (χ1) is 17.1. The van der Waals surface area contributed by atoms with Crippen molar-refractivity contribution in [3.05, 3.63) is 96.0 Å². The lowest BCUT2D eigenvalue weighted by molar-refractivity contribution is -0.120. The molecule has 5 rings (SSSR count). The number of hydrogen-bond acceptors (Lipinski definition) is 4. The summed E-state index contributed by atoms with van der Waals surface area (Å²) >= 11 is 0. The number of rotatable bonds is 8. The van der Waals surface area contributed by atoms with Gasteiger partial charge in [0.2, 0.25) is 5.91 Å². The fourth-order valence-corrected chi connectivity index (χ4v) is 4.18. The zero-order chi connectivity index (χ0) is 24.2. The van der Waals surface area contributed by atoms with Crippen LogP contribution < -0.4 is 10.6 Å². The quantitative estimate of drug-likeness (QED) is 0.312. The Kier molecular flexibility index (Phi) is 6.30. The summed E-state index contributed by atoms with van der Waals surface area (Å²) in [6, 6.07) is 24.5. The van der Waals surface area contributed by atoms with E-state index in [9.17, 15) is 9.59 Å². The molecule has 7 nitrogen and oxygen atoms in total.